The molecule has 0 saturated carbocycles. The van der Waals surface area contributed by atoms with Gasteiger partial charge in [0.2, 0.25) is 17.7 Å². The van der Waals surface area contributed by atoms with E-state index >= 15 is 0 Å². The predicted octanol–water partition coefficient (Wildman–Crippen LogP) is -0.00600. The van der Waals surface area contributed by atoms with Crippen LogP contribution < -0.4 is 5.32 Å². The molecule has 3 amide bonds. The number of carbonyl (C=O) groups is 3. The number of likely N-dealkylation sites (N-methyl/N-ethyl adjacent to an activating group) is 1. The summed E-state index contributed by atoms with van der Waals surface area (Å²) >= 11 is 0. The lowest BCUT2D eigenvalue weighted by Gasteiger charge is -2.40. The van der Waals surface area contributed by atoms with Gasteiger partial charge >= 0.3 is 0 Å². The summed E-state index contributed by atoms with van der Waals surface area (Å²) in [5.74, 6) is -0.734. The van der Waals surface area contributed by atoms with E-state index in [0.29, 0.717) is 5.69 Å². The van der Waals surface area contributed by atoms with Gasteiger partial charge in [-0.2, -0.15) is 0 Å². The van der Waals surface area contributed by atoms with Gasteiger partial charge in [-0.1, -0.05) is 12.1 Å². The van der Waals surface area contributed by atoms with E-state index in [9.17, 15) is 19.5 Å². The van der Waals surface area contributed by atoms with Gasteiger partial charge in [0, 0.05) is 26.7 Å². The van der Waals surface area contributed by atoms with Gasteiger partial charge < -0.3 is 25.0 Å². The summed E-state index contributed by atoms with van der Waals surface area (Å²) < 4.78 is 5.61. The molecular weight excluding hydrogens is 326 g/mol. The van der Waals surface area contributed by atoms with Gasteiger partial charge in [0.1, 0.15) is 19.3 Å². The molecule has 2 rings (SSSR count). The zero-order valence-corrected chi connectivity index (χ0v) is 14.6. The normalized spacial score (nSPS) is 20.3. The first-order valence-electron chi connectivity index (χ1n) is 7.93. The van der Waals surface area contributed by atoms with Gasteiger partial charge in [-0.15, -0.1) is 0 Å². The number of morpholine rings is 1. The third-order valence-corrected chi connectivity index (χ3v) is 4.01. The smallest absolute Gasteiger partial charge is 0.249 e. The second-order valence-electron chi connectivity index (χ2n) is 6.09. The van der Waals surface area contributed by atoms with Crippen molar-refractivity contribution >= 4 is 23.4 Å². The van der Waals surface area contributed by atoms with Gasteiger partial charge in [-0.3, -0.25) is 14.4 Å². The van der Waals surface area contributed by atoms with Crippen LogP contribution >= 0.6 is 0 Å². The third-order valence-electron chi connectivity index (χ3n) is 4.01. The van der Waals surface area contributed by atoms with Crippen LogP contribution in [0.2, 0.25) is 0 Å². The number of carbonyl (C=O) groups excluding carboxylic acids is 3. The molecule has 0 spiro atoms. The maximum absolute atomic E-state index is 12.1. The minimum atomic E-state index is -0.656. The van der Waals surface area contributed by atoms with Crippen molar-refractivity contribution < 1.29 is 24.2 Å². The minimum Gasteiger partial charge on any atom is -0.394 e. The molecular formula is C17H23N3O5. The lowest BCUT2D eigenvalue weighted by atomic mass is 9.99. The number of aliphatic hydroxyl groups is 1. The summed E-state index contributed by atoms with van der Waals surface area (Å²) in [4.78, 5) is 38.0. The number of rotatable bonds is 5. The van der Waals surface area contributed by atoms with Crippen LogP contribution in [0.5, 0.6) is 0 Å². The highest BCUT2D eigenvalue weighted by Crippen LogP contribution is 2.29. The molecule has 0 radical (unpaired) electrons. The number of aliphatic hydroxyl groups excluding tert-OH is 1. The molecule has 2 N–H and O–H groups in total. The van der Waals surface area contributed by atoms with Gasteiger partial charge in [-0.05, 0) is 17.7 Å². The number of nitrogens with one attached hydrogen (secondary N) is 1. The SMILES string of the molecule is CC(=O)Nc1ccc(C2OCC(=O)N(CC(=O)N(C)C)C2CO)cc1. The van der Waals surface area contributed by atoms with Crippen molar-refractivity contribution in [2.75, 3.05) is 39.2 Å². The molecule has 0 aliphatic carbocycles. The molecule has 1 heterocycles. The summed E-state index contributed by atoms with van der Waals surface area (Å²) in [5.41, 5.74) is 1.39. The number of ether oxygens (including phenoxy) is 1. The van der Waals surface area contributed by atoms with E-state index in [1.165, 1.54) is 16.7 Å². The molecule has 1 saturated heterocycles. The Bertz CT molecular complexity index is 644. The number of hydrogen-bond acceptors (Lipinski definition) is 5. The largest absolute Gasteiger partial charge is 0.394 e. The van der Waals surface area contributed by atoms with E-state index in [0.717, 1.165) is 5.56 Å². The van der Waals surface area contributed by atoms with Gasteiger partial charge in [-0.25, -0.2) is 0 Å². The number of nitrogens with zero attached hydrogens (tertiary/aromatic N) is 2. The number of anilines is 1. The second kappa shape index (κ2) is 8.09. The molecule has 2 atom stereocenters. The predicted molar refractivity (Wildman–Crippen MR) is 90.7 cm³/mol. The lowest BCUT2D eigenvalue weighted by Crippen LogP contribution is -2.55. The van der Waals surface area contributed by atoms with Crippen molar-refractivity contribution in [3.05, 3.63) is 29.8 Å². The Hall–Kier alpha value is -2.45. The summed E-state index contributed by atoms with van der Waals surface area (Å²) in [6.07, 6.45) is -0.552. The molecule has 25 heavy (non-hydrogen) atoms. The van der Waals surface area contributed by atoms with Gasteiger partial charge in [0.15, 0.2) is 0 Å². The summed E-state index contributed by atoms with van der Waals surface area (Å²) in [5, 5.41) is 12.5. The fraction of sp³-hybridized carbons (Fsp3) is 0.471. The van der Waals surface area contributed by atoms with E-state index in [-0.39, 0.29) is 37.5 Å². The molecule has 1 fully saturated rings. The molecule has 1 aromatic rings. The van der Waals surface area contributed by atoms with E-state index in [4.69, 9.17) is 4.74 Å². The quantitative estimate of drug-likeness (QED) is 0.779. The molecule has 8 heteroatoms. The number of hydrogen-bond donors (Lipinski definition) is 2. The first-order chi connectivity index (χ1) is 11.8. The van der Waals surface area contributed by atoms with Crippen LogP contribution in [0.1, 0.15) is 18.6 Å². The Labute approximate surface area is 146 Å². The summed E-state index contributed by atoms with van der Waals surface area (Å²) in [7, 11) is 3.22. The number of amides is 3. The minimum absolute atomic E-state index is 0.110. The van der Waals surface area contributed by atoms with Crippen molar-refractivity contribution in [3.8, 4) is 0 Å². The highest BCUT2D eigenvalue weighted by atomic mass is 16.5. The summed E-state index contributed by atoms with van der Waals surface area (Å²) in [6.45, 7) is 0.825. The standard InChI is InChI=1S/C17H23N3O5/c1-11(22)18-13-6-4-12(5-7-13)17-14(9-21)20(16(24)10-25-17)8-15(23)19(2)3/h4-7,14,17,21H,8-10H2,1-3H3,(H,18,22). The number of benzene rings is 1. The Kier molecular flexibility index (Phi) is 6.11. The Balaban J connectivity index is 2.20. The van der Waals surface area contributed by atoms with Crippen molar-refractivity contribution in [2.24, 2.45) is 0 Å². The third kappa shape index (κ3) is 4.55. The first-order valence-corrected chi connectivity index (χ1v) is 7.93. The molecule has 1 aromatic carbocycles. The Morgan fingerprint density at radius 1 is 1.32 bits per heavy atom. The average Bonchev–Trinajstić information content (AvgIpc) is 2.56. The van der Waals surface area contributed by atoms with E-state index in [1.807, 2.05) is 0 Å². The molecule has 0 aromatic heterocycles. The maximum atomic E-state index is 12.1. The fourth-order valence-electron chi connectivity index (χ4n) is 2.67. The highest BCUT2D eigenvalue weighted by molar-refractivity contribution is 5.88. The van der Waals surface area contributed by atoms with Crippen LogP contribution in [0.3, 0.4) is 0 Å². The molecule has 1 aliphatic rings. The Morgan fingerprint density at radius 2 is 1.96 bits per heavy atom. The molecule has 2 unspecified atom stereocenters. The van der Waals surface area contributed by atoms with E-state index in [1.54, 1.807) is 38.4 Å². The van der Waals surface area contributed by atoms with Crippen molar-refractivity contribution in [1.82, 2.24) is 9.80 Å². The van der Waals surface area contributed by atoms with E-state index < -0.39 is 12.1 Å². The van der Waals surface area contributed by atoms with Crippen LogP contribution in [-0.4, -0.2) is 72.5 Å². The van der Waals surface area contributed by atoms with E-state index in [2.05, 4.69) is 5.32 Å². The second-order valence-corrected chi connectivity index (χ2v) is 6.09. The molecule has 136 valence electrons. The fourth-order valence-corrected chi connectivity index (χ4v) is 2.67. The molecule has 0 bridgehead atoms. The highest BCUT2D eigenvalue weighted by Gasteiger charge is 2.38. The van der Waals surface area contributed by atoms with Crippen LogP contribution in [0.25, 0.3) is 0 Å². The van der Waals surface area contributed by atoms with Crippen molar-refractivity contribution in [3.63, 3.8) is 0 Å². The van der Waals surface area contributed by atoms with Crippen LogP contribution in [0.15, 0.2) is 24.3 Å². The van der Waals surface area contributed by atoms with Crippen molar-refractivity contribution in [2.45, 2.75) is 19.1 Å². The van der Waals surface area contributed by atoms with Crippen LogP contribution in [-0.2, 0) is 19.1 Å². The lowest BCUT2D eigenvalue weighted by molar-refractivity contribution is -0.164. The maximum Gasteiger partial charge on any atom is 0.249 e. The van der Waals surface area contributed by atoms with Gasteiger partial charge in [0.05, 0.1) is 12.6 Å². The first kappa shape index (κ1) is 18.9. The van der Waals surface area contributed by atoms with Crippen LogP contribution in [0.4, 0.5) is 5.69 Å². The Morgan fingerprint density at radius 3 is 2.48 bits per heavy atom. The topological polar surface area (TPSA) is 99.2 Å². The average molecular weight is 349 g/mol. The van der Waals surface area contributed by atoms with Crippen molar-refractivity contribution in [1.29, 1.82) is 0 Å². The molecule has 8 nitrogen and oxygen atoms in total. The molecule has 1 aliphatic heterocycles. The summed E-state index contributed by atoms with van der Waals surface area (Å²) in [6, 6.07) is 6.32. The zero-order valence-electron chi connectivity index (χ0n) is 14.6. The monoisotopic (exact) mass is 349 g/mol. The zero-order chi connectivity index (χ0) is 18.6. The van der Waals surface area contributed by atoms with Crippen LogP contribution in [0, 0.1) is 0 Å². The van der Waals surface area contributed by atoms with Gasteiger partial charge in [0.25, 0.3) is 0 Å².